The van der Waals surface area contributed by atoms with Gasteiger partial charge in [-0.2, -0.15) is 0 Å². The van der Waals surface area contributed by atoms with Crippen molar-refractivity contribution < 1.29 is 29.3 Å². The molecule has 12 heteroatoms. The van der Waals surface area contributed by atoms with E-state index in [1.54, 1.807) is 31.4 Å². The first-order chi connectivity index (χ1) is 26.6. The van der Waals surface area contributed by atoms with E-state index in [2.05, 4.69) is 38.7 Å². The number of hydrogen-bond acceptors (Lipinski definition) is 9. The molecule has 0 radical (unpaired) electrons. The monoisotopic (exact) mass is 770 g/mol. The zero-order valence-electron chi connectivity index (χ0n) is 31.4. The Balaban J connectivity index is 0.929. The average Bonchev–Trinajstić information content (AvgIpc) is 3.20. The fourth-order valence-corrected chi connectivity index (χ4v) is 9.01. The third-order valence-corrected chi connectivity index (χ3v) is 12.2. The highest BCUT2D eigenvalue weighted by Gasteiger charge is 2.46. The number of phenolic OH excluding ortho intramolecular Hbond substituents is 1. The number of hydrogen-bond donors (Lipinski definition) is 5. The summed E-state index contributed by atoms with van der Waals surface area (Å²) in [5, 5.41) is 28.2. The van der Waals surface area contributed by atoms with Crippen LogP contribution >= 0.6 is 11.6 Å². The smallest absolute Gasteiger partial charge is 0.316 e. The number of carbonyl (C=O) groups is 2. The highest BCUT2D eigenvalue weighted by molar-refractivity contribution is 6.33. The van der Waals surface area contributed by atoms with Gasteiger partial charge in [-0.15, -0.1) is 0 Å². The number of aryl methyl sites for hydroxylation is 1. The number of pyridine rings is 1. The van der Waals surface area contributed by atoms with Gasteiger partial charge >= 0.3 is 5.97 Å². The van der Waals surface area contributed by atoms with Gasteiger partial charge in [-0.05, 0) is 92.4 Å². The summed E-state index contributed by atoms with van der Waals surface area (Å²) in [6, 6.07) is 17.7. The predicted octanol–water partition coefficient (Wildman–Crippen LogP) is 6.52. The summed E-state index contributed by atoms with van der Waals surface area (Å²) in [6.45, 7) is 3.56. The molecule has 4 aromatic rings. The number of aliphatic hydroxyl groups excluding tert-OH is 1. The Kier molecular flexibility index (Phi) is 12.1. The van der Waals surface area contributed by atoms with Crippen molar-refractivity contribution in [3.8, 4) is 11.5 Å². The van der Waals surface area contributed by atoms with Crippen molar-refractivity contribution in [3.63, 3.8) is 0 Å². The molecule has 5 N–H and O–H groups in total. The first-order valence-corrected chi connectivity index (χ1v) is 19.9. The van der Waals surface area contributed by atoms with Gasteiger partial charge in [-0.3, -0.25) is 19.3 Å². The van der Waals surface area contributed by atoms with Gasteiger partial charge in [0.25, 0.3) is 0 Å². The van der Waals surface area contributed by atoms with Crippen molar-refractivity contribution in [1.29, 1.82) is 0 Å². The van der Waals surface area contributed by atoms with Crippen molar-refractivity contribution in [1.82, 2.24) is 15.2 Å². The average molecular weight is 771 g/mol. The standard InChI is InChI=1S/C43H51ClN4O7/c1-54-37-23-34(33(44)22-29(37)24-45-25-36(50)31-11-13-35(49)41-32(31)12-14-40(52)47-41)46-39(51)10-6-8-27-7-5-9-30(21-27)43(17-3-2-4-18-43)42(53)55-38-26-48-19-15-28(38)16-20-48/h5,7,9,11-14,21-23,28,36,38,45,49-50H,2-4,6,8,10,15-20,24-26H2,1H3,(H,46,51)(H,47,52)/t36-,38?/m0/s1. The van der Waals surface area contributed by atoms with Crippen molar-refractivity contribution in [3.05, 3.63) is 98.3 Å². The van der Waals surface area contributed by atoms with Gasteiger partial charge in [0.1, 0.15) is 17.6 Å². The molecular formula is C43H51ClN4O7. The van der Waals surface area contributed by atoms with Crippen molar-refractivity contribution in [2.75, 3.05) is 38.6 Å². The number of phenols is 1. The van der Waals surface area contributed by atoms with Crippen LogP contribution in [0.2, 0.25) is 5.02 Å². The number of fused-ring (bicyclic) bond motifs is 4. The van der Waals surface area contributed by atoms with Gasteiger partial charge < -0.3 is 35.3 Å². The molecule has 1 aliphatic carbocycles. The second kappa shape index (κ2) is 17.2. The number of esters is 1. The number of carbonyl (C=O) groups excluding carboxylic acids is 2. The van der Waals surface area contributed by atoms with Crippen LogP contribution in [0.15, 0.2) is 65.5 Å². The molecule has 55 heavy (non-hydrogen) atoms. The van der Waals surface area contributed by atoms with Crippen molar-refractivity contribution in [2.45, 2.75) is 88.4 Å². The van der Waals surface area contributed by atoms with E-state index in [9.17, 15) is 24.6 Å². The lowest BCUT2D eigenvalue weighted by Crippen LogP contribution is -2.53. The Morgan fingerprint density at radius 1 is 1.05 bits per heavy atom. The molecule has 1 amide bonds. The molecule has 1 aromatic heterocycles. The summed E-state index contributed by atoms with van der Waals surface area (Å²) in [5.41, 5.74) is 3.18. The van der Waals surface area contributed by atoms with Gasteiger partial charge in [-0.25, -0.2) is 0 Å². The number of anilines is 1. The lowest BCUT2D eigenvalue weighted by molar-refractivity contribution is -0.167. The van der Waals surface area contributed by atoms with Crippen LogP contribution in [0, 0.1) is 5.92 Å². The van der Waals surface area contributed by atoms with E-state index in [0.29, 0.717) is 52.7 Å². The van der Waals surface area contributed by atoms with Crippen LogP contribution in [-0.2, 0) is 32.7 Å². The molecule has 1 saturated carbocycles. The van der Waals surface area contributed by atoms with Gasteiger partial charge in [0.2, 0.25) is 11.5 Å². The van der Waals surface area contributed by atoms with E-state index in [1.807, 2.05) is 6.07 Å². The number of benzene rings is 3. The Morgan fingerprint density at radius 2 is 1.85 bits per heavy atom. The molecule has 3 aromatic carbocycles. The summed E-state index contributed by atoms with van der Waals surface area (Å²) >= 11 is 6.63. The molecule has 4 fully saturated rings. The second-order valence-electron chi connectivity index (χ2n) is 15.4. The zero-order chi connectivity index (χ0) is 38.5. The van der Waals surface area contributed by atoms with Gasteiger partial charge in [0.05, 0.1) is 34.9 Å². The molecule has 3 aliphatic heterocycles. The number of nitrogens with zero attached hydrogens (tertiary/aromatic N) is 1. The number of methoxy groups -OCH3 is 1. The topological polar surface area (TPSA) is 153 Å². The molecule has 4 heterocycles. The number of piperidine rings is 3. The number of amides is 1. The minimum Gasteiger partial charge on any atom is -0.506 e. The fourth-order valence-electron chi connectivity index (χ4n) is 8.77. The third-order valence-electron chi connectivity index (χ3n) is 11.9. The molecule has 3 saturated heterocycles. The molecular weight excluding hydrogens is 720 g/mol. The quantitative estimate of drug-likeness (QED) is 0.0903. The number of aromatic hydroxyl groups is 1. The Morgan fingerprint density at radius 3 is 2.60 bits per heavy atom. The number of aliphatic hydroxyl groups is 1. The molecule has 11 nitrogen and oxygen atoms in total. The van der Waals surface area contributed by atoms with Crippen LogP contribution in [0.1, 0.15) is 86.1 Å². The van der Waals surface area contributed by atoms with Gasteiger partial charge in [-0.1, -0.05) is 61.2 Å². The maximum absolute atomic E-state index is 14.0. The van der Waals surface area contributed by atoms with E-state index >= 15 is 0 Å². The van der Waals surface area contributed by atoms with Crippen LogP contribution in [0.25, 0.3) is 10.9 Å². The van der Waals surface area contributed by atoms with Crippen LogP contribution in [0.4, 0.5) is 5.69 Å². The number of H-pyrrole nitrogens is 1. The molecule has 8 rings (SSSR count). The first-order valence-electron chi connectivity index (χ1n) is 19.6. The van der Waals surface area contributed by atoms with Gasteiger partial charge in [0.15, 0.2) is 0 Å². The SMILES string of the molecule is COc1cc(NC(=O)CCCc2cccc(C3(C(=O)OC4CN5CCC4CC5)CCCCC3)c2)c(Cl)cc1CNC[C@H](O)c1ccc(O)c2[nH]c(=O)ccc12. The lowest BCUT2D eigenvalue weighted by atomic mass is 9.69. The zero-order valence-corrected chi connectivity index (χ0v) is 32.1. The Hall–Kier alpha value is -4.42. The summed E-state index contributed by atoms with van der Waals surface area (Å²) in [5.74, 6) is 0.697. The fraction of sp³-hybridized carbons (Fsp3) is 0.465. The number of ether oxygens (including phenoxy) is 2. The summed E-state index contributed by atoms with van der Waals surface area (Å²) in [4.78, 5) is 43.9. The highest BCUT2D eigenvalue weighted by Crippen LogP contribution is 2.42. The largest absolute Gasteiger partial charge is 0.506 e. The first kappa shape index (κ1) is 38.8. The third kappa shape index (κ3) is 8.70. The van der Waals surface area contributed by atoms with Gasteiger partial charge in [0, 0.05) is 49.1 Å². The molecule has 292 valence electrons. The molecule has 0 spiro atoms. The predicted molar refractivity (Wildman–Crippen MR) is 213 cm³/mol. The molecule has 4 aliphatic rings. The Labute approximate surface area is 326 Å². The highest BCUT2D eigenvalue weighted by atomic mass is 35.5. The minimum absolute atomic E-state index is 0.00894. The van der Waals surface area contributed by atoms with Crippen LogP contribution < -0.4 is 20.9 Å². The van der Waals surface area contributed by atoms with E-state index in [4.69, 9.17) is 21.1 Å². The maximum atomic E-state index is 14.0. The molecule has 2 atom stereocenters. The van der Waals surface area contributed by atoms with E-state index in [0.717, 1.165) is 81.3 Å². The molecule has 1 unspecified atom stereocenters. The summed E-state index contributed by atoms with van der Waals surface area (Å²) in [6.07, 6.45) is 7.65. The number of nitrogens with one attached hydrogen (secondary N) is 3. The second-order valence-corrected chi connectivity index (χ2v) is 15.8. The number of aromatic amines is 1. The van der Waals surface area contributed by atoms with Crippen molar-refractivity contribution in [2.24, 2.45) is 5.92 Å². The number of rotatable bonds is 14. The van der Waals surface area contributed by atoms with E-state index < -0.39 is 11.5 Å². The van der Waals surface area contributed by atoms with Crippen LogP contribution in [0.3, 0.4) is 0 Å². The Bertz CT molecular complexity index is 2070. The number of halogens is 1. The lowest BCUT2D eigenvalue weighted by Gasteiger charge is -2.45. The minimum atomic E-state index is -0.929. The van der Waals surface area contributed by atoms with E-state index in [1.165, 1.54) is 12.1 Å². The van der Waals surface area contributed by atoms with Crippen LogP contribution in [0.5, 0.6) is 11.5 Å². The maximum Gasteiger partial charge on any atom is 0.316 e. The normalized spacial score (nSPS) is 20.9. The van der Waals surface area contributed by atoms with E-state index in [-0.39, 0.29) is 47.8 Å². The summed E-state index contributed by atoms with van der Waals surface area (Å²) < 4.78 is 12.0. The summed E-state index contributed by atoms with van der Waals surface area (Å²) in [7, 11) is 1.54. The molecule has 2 bridgehead atoms. The van der Waals surface area contributed by atoms with Crippen LogP contribution in [-0.4, -0.2) is 71.4 Å². The van der Waals surface area contributed by atoms with Crippen molar-refractivity contribution >= 4 is 40.1 Å². The number of aromatic nitrogens is 1.